The maximum Gasteiger partial charge on any atom is 0.338 e. The highest BCUT2D eigenvalue weighted by Crippen LogP contribution is 2.39. The number of aromatic hydroxyl groups is 8. The molecule has 0 bridgehead atoms. The van der Waals surface area contributed by atoms with Gasteiger partial charge in [-0.15, -0.1) is 0 Å². The van der Waals surface area contributed by atoms with E-state index in [4.69, 9.17) is 9.47 Å². The van der Waals surface area contributed by atoms with E-state index in [2.05, 4.69) is 19.9 Å². The molecule has 31 heteroatoms. The third-order valence-electron chi connectivity index (χ3n) is 11.4. The molecular weight excluding hydrogens is 1190 g/mol. The summed E-state index contributed by atoms with van der Waals surface area (Å²) in [6.07, 6.45) is 14.3. The van der Waals surface area contributed by atoms with Gasteiger partial charge in [-0.25, -0.2) is 9.59 Å². The van der Waals surface area contributed by atoms with Crippen LogP contribution in [0.1, 0.15) is 103 Å². The van der Waals surface area contributed by atoms with E-state index in [-0.39, 0.29) is 45.8 Å². The lowest BCUT2D eigenvalue weighted by Crippen LogP contribution is -2.07. The van der Waals surface area contributed by atoms with Gasteiger partial charge in [0.25, 0.3) is 0 Å². The van der Waals surface area contributed by atoms with Crippen molar-refractivity contribution >= 4 is 58.1 Å². The second-order valence-electron chi connectivity index (χ2n) is 17.8. The van der Waals surface area contributed by atoms with Gasteiger partial charge >= 0.3 is 34.7 Å². The molecule has 0 aliphatic carbocycles. The van der Waals surface area contributed by atoms with Gasteiger partial charge in [0.15, 0.2) is 34.6 Å². The molecule has 0 saturated heterocycles. The van der Waals surface area contributed by atoms with Crippen LogP contribution in [-0.4, -0.2) is 123 Å². The molecule has 0 aliphatic heterocycles. The monoisotopic (exact) mass is 1240 g/mol. The minimum atomic E-state index is -0.891. The van der Waals surface area contributed by atoms with Crippen molar-refractivity contribution < 1.29 is 94.0 Å². The Morgan fingerprint density at radius 3 is 1.29 bits per heavy atom. The molecule has 0 unspecified atom stereocenters. The van der Waals surface area contributed by atoms with E-state index in [1.807, 2.05) is 13.8 Å². The zero-order valence-electron chi connectivity index (χ0n) is 47.0. The topological polar surface area (TPSA) is 490 Å². The Hall–Kier alpha value is -12.8. The van der Waals surface area contributed by atoms with E-state index in [1.165, 1.54) is 49.1 Å². The predicted octanol–water partition coefficient (Wildman–Crippen LogP) is 9.30. The number of ether oxygens (including phenoxy) is 2. The molecule has 0 amide bonds. The number of hydrogen-bond donors (Lipinski definition) is 8. The van der Waals surface area contributed by atoms with E-state index in [1.54, 1.807) is 54.9 Å². The largest absolute Gasteiger partial charge is 0.504 e. The summed E-state index contributed by atoms with van der Waals surface area (Å²) in [5, 5.41) is 117. The lowest BCUT2D eigenvalue weighted by atomic mass is 10.0. The Labute approximate surface area is 507 Å². The van der Waals surface area contributed by atoms with Gasteiger partial charge in [-0.3, -0.25) is 74.8 Å². The molecule has 8 rings (SSSR count). The van der Waals surface area contributed by atoms with Gasteiger partial charge in [0.1, 0.15) is 11.4 Å². The first-order chi connectivity index (χ1) is 42.8. The Kier molecular flexibility index (Phi) is 26.5. The molecule has 0 radical (unpaired) electrons. The molecular formula is C59H52N8O23. The molecule has 0 saturated carbocycles. The number of esters is 2. The van der Waals surface area contributed by atoms with Crippen LogP contribution < -0.4 is 0 Å². The highest BCUT2D eigenvalue weighted by atomic mass is 16.6. The van der Waals surface area contributed by atoms with E-state index in [9.17, 15) is 105 Å². The number of aromatic nitrogens is 4. The van der Waals surface area contributed by atoms with Crippen molar-refractivity contribution in [1.82, 2.24) is 19.9 Å². The highest BCUT2D eigenvalue weighted by molar-refractivity contribution is 6.10. The van der Waals surface area contributed by atoms with Crippen molar-refractivity contribution in [3.8, 4) is 46.0 Å². The van der Waals surface area contributed by atoms with Crippen LogP contribution in [-0.2, 0) is 14.3 Å². The fourth-order valence-electron chi connectivity index (χ4n) is 6.85. The molecule has 31 nitrogen and oxygen atoms in total. The van der Waals surface area contributed by atoms with Crippen LogP contribution in [0.25, 0.3) is 6.08 Å². The Morgan fingerprint density at radius 1 is 0.444 bits per heavy atom. The molecule has 0 spiro atoms. The molecule has 90 heavy (non-hydrogen) atoms. The number of rotatable bonds is 19. The van der Waals surface area contributed by atoms with Gasteiger partial charge in [0.05, 0.1) is 38.5 Å². The number of ketones is 3. The number of carbonyl (C=O) groups is 5. The summed E-state index contributed by atoms with van der Waals surface area (Å²) < 4.78 is 9.71. The fourth-order valence-corrected chi connectivity index (χ4v) is 6.85. The molecule has 8 aromatic rings. The maximum atomic E-state index is 12.0. The Balaban J connectivity index is 0.000000241. The zero-order chi connectivity index (χ0) is 66.6. The van der Waals surface area contributed by atoms with Crippen molar-refractivity contribution in [3.05, 3.63) is 238 Å². The molecule has 0 fully saturated rings. The number of phenolic OH excluding ortho intramolecular Hbond substituents is 8. The first kappa shape index (κ1) is 69.7. The minimum absolute atomic E-state index is 0.0896. The summed E-state index contributed by atoms with van der Waals surface area (Å²) in [5.74, 6) is -8.75. The fraction of sp³-hybridized carbons (Fsp3) is 0.136. The summed E-state index contributed by atoms with van der Waals surface area (Å²) >= 11 is 0. The predicted molar refractivity (Wildman–Crippen MR) is 313 cm³/mol. The van der Waals surface area contributed by atoms with E-state index in [0.717, 1.165) is 73.9 Å². The number of nitrogens with zero attached hydrogens (tertiary/aromatic N) is 8. The number of unbranched alkanes of at least 4 members (excludes halogenated alkanes) is 2. The lowest BCUT2D eigenvalue weighted by molar-refractivity contribution is -0.386. The van der Waals surface area contributed by atoms with Gasteiger partial charge in [-0.1, -0.05) is 38.8 Å². The number of benzene rings is 4. The van der Waals surface area contributed by atoms with Crippen molar-refractivity contribution in [2.45, 2.75) is 39.5 Å². The van der Waals surface area contributed by atoms with Crippen LogP contribution in [0, 0.1) is 40.5 Å². The van der Waals surface area contributed by atoms with Gasteiger partial charge in [-0.2, -0.15) is 0 Å². The molecule has 0 aliphatic rings. The van der Waals surface area contributed by atoms with Crippen molar-refractivity contribution in [1.29, 1.82) is 0 Å². The zero-order valence-corrected chi connectivity index (χ0v) is 47.0. The molecule has 4 heterocycles. The van der Waals surface area contributed by atoms with E-state index >= 15 is 0 Å². The SMILES string of the molecule is CCCCOC(=O)C=Cc1cc(O)c(O)c([N+](=O)[O-])c1.CCCCOC(=O)c1cc(O)c(O)c([N+](=O)[O-])c1.O=C(c1ccccn1)c1ccccn1.O=C(c1cccnc1)c1cc(O)c(O)c([N+](=O)[O-])c1.O=C(c1ccncc1)c1cc(O)c(O)c([N+](=O)[O-])c1. The van der Waals surface area contributed by atoms with Crippen LogP contribution >= 0.6 is 0 Å². The lowest BCUT2D eigenvalue weighted by Gasteiger charge is -2.05. The third kappa shape index (κ3) is 20.5. The average molecular weight is 1240 g/mol. The Bertz CT molecular complexity index is 3760. The number of hydrogen-bond acceptors (Lipinski definition) is 27. The van der Waals surface area contributed by atoms with Crippen LogP contribution in [0.2, 0.25) is 0 Å². The van der Waals surface area contributed by atoms with Crippen LogP contribution in [0.15, 0.2) is 152 Å². The van der Waals surface area contributed by atoms with Crippen molar-refractivity contribution in [2.75, 3.05) is 13.2 Å². The number of nitro groups is 4. The summed E-state index contributed by atoms with van der Waals surface area (Å²) in [7, 11) is 0. The van der Waals surface area contributed by atoms with E-state index in [0.29, 0.717) is 24.4 Å². The molecule has 0 atom stereocenters. The summed E-state index contributed by atoms with van der Waals surface area (Å²) in [6.45, 7) is 4.39. The smallest absolute Gasteiger partial charge is 0.338 e. The van der Waals surface area contributed by atoms with Crippen LogP contribution in [0.3, 0.4) is 0 Å². The van der Waals surface area contributed by atoms with Crippen LogP contribution in [0.4, 0.5) is 22.7 Å². The summed E-state index contributed by atoms with van der Waals surface area (Å²) in [6, 6.07) is 24.1. The van der Waals surface area contributed by atoms with Crippen LogP contribution in [0.5, 0.6) is 46.0 Å². The maximum absolute atomic E-state index is 12.0. The molecule has 466 valence electrons. The second kappa shape index (κ2) is 34.2. The molecule has 8 N–H and O–H groups in total. The van der Waals surface area contributed by atoms with Crippen molar-refractivity contribution in [3.63, 3.8) is 0 Å². The van der Waals surface area contributed by atoms with Crippen molar-refractivity contribution in [2.24, 2.45) is 0 Å². The first-order valence-electron chi connectivity index (χ1n) is 25.9. The number of nitro benzene ring substituents is 4. The summed E-state index contributed by atoms with van der Waals surface area (Å²) in [4.78, 5) is 113. The Morgan fingerprint density at radius 2 is 0.867 bits per heavy atom. The average Bonchev–Trinajstić information content (AvgIpc) is 0.967. The van der Waals surface area contributed by atoms with E-state index < -0.39 is 112 Å². The third-order valence-corrected chi connectivity index (χ3v) is 11.4. The first-order valence-corrected chi connectivity index (χ1v) is 25.9. The minimum Gasteiger partial charge on any atom is -0.504 e. The normalized spacial score (nSPS) is 10.2. The summed E-state index contributed by atoms with van der Waals surface area (Å²) in [5.41, 5.74) is -1.64. The number of carbonyl (C=O) groups excluding carboxylic acids is 5. The van der Waals surface area contributed by atoms with Gasteiger partial charge in [0, 0.05) is 89.8 Å². The second-order valence-corrected chi connectivity index (χ2v) is 17.8. The number of pyridine rings is 4. The van der Waals surface area contributed by atoms with Gasteiger partial charge < -0.3 is 50.3 Å². The highest BCUT2D eigenvalue weighted by Gasteiger charge is 2.25. The number of phenols is 8. The van der Waals surface area contributed by atoms with Gasteiger partial charge in [-0.05, 0) is 97.3 Å². The standard InChI is InChI=1S/C13H15NO6.2C12H8N2O5.C11H8N2O.C11H13NO6/c1-2-3-6-20-12(16)5-4-9-7-10(14(18)19)13(17)11(15)8-9;15-10-6-8(5-9(12(10)17)14(18)19)11(16)7-1-3-13-4-2-7;15-10-5-8(4-9(12(10)17)14(18)19)11(16)7-2-1-3-13-6-7;14-11(9-5-1-3-7-12-9)10-6-2-4-8-13-10;1-2-3-4-18-11(15)7-5-8(12(16)17)10(14)9(13)6-7/h4-5,7-8,15,17H,2-3,6H2,1H3;2*1-6,15,17H;1-8H;5-6,13-14H,2-4H2,1H3. The molecule has 4 aromatic heterocycles. The van der Waals surface area contributed by atoms with Gasteiger partial charge in [0.2, 0.25) is 28.8 Å². The quantitative estimate of drug-likeness (QED) is 0.00710. The molecule has 4 aromatic carbocycles.